The van der Waals surface area contributed by atoms with Crippen molar-refractivity contribution in [1.82, 2.24) is 4.90 Å². The van der Waals surface area contributed by atoms with E-state index in [2.05, 4.69) is 51.4 Å². The average Bonchev–Trinajstić information content (AvgIpc) is 3.00. The van der Waals surface area contributed by atoms with Crippen LogP contribution in [0.15, 0.2) is 42.6 Å². The number of benzene rings is 1. The summed E-state index contributed by atoms with van der Waals surface area (Å²) in [5, 5.41) is 0. The maximum Gasteiger partial charge on any atom is 0.260 e. The molecule has 6 heteroatoms. The van der Waals surface area contributed by atoms with Crippen molar-refractivity contribution in [3.63, 3.8) is 0 Å². The normalized spacial score (nSPS) is 11.2. The van der Waals surface area contributed by atoms with Crippen molar-refractivity contribution in [2.24, 2.45) is 0 Å². The van der Waals surface area contributed by atoms with E-state index in [-0.39, 0.29) is 41.2 Å². The second kappa shape index (κ2) is 23.4. The van der Waals surface area contributed by atoms with Crippen LogP contribution in [0.4, 0.5) is 0 Å². The molecular formula is C39H63IN2O3. The van der Waals surface area contributed by atoms with Gasteiger partial charge in [0.1, 0.15) is 12.3 Å². The number of halogens is 1. The zero-order valence-electron chi connectivity index (χ0n) is 29.5. The molecule has 2 aromatic rings. The SMILES string of the molecule is CCCCCCCCCCCCCCCCOc1ccc(C(=O)N(CCCc2cccc[n+]2CC)C(C)=O)cc1C(C)(C)C.[I-]. The number of carbonyl (C=O) groups is 2. The number of hydrogen-bond donors (Lipinski definition) is 0. The molecule has 5 nitrogen and oxygen atoms in total. The van der Waals surface area contributed by atoms with Gasteiger partial charge in [0.05, 0.1) is 6.61 Å². The fraction of sp³-hybridized carbons (Fsp3) is 0.667. The third-order valence-corrected chi connectivity index (χ3v) is 8.61. The summed E-state index contributed by atoms with van der Waals surface area (Å²) < 4.78 is 8.46. The largest absolute Gasteiger partial charge is 1.00 e. The molecule has 0 saturated heterocycles. The van der Waals surface area contributed by atoms with Crippen LogP contribution < -0.4 is 33.3 Å². The number of aryl methyl sites for hydroxylation is 2. The quantitative estimate of drug-likeness (QED) is 0.0763. The van der Waals surface area contributed by atoms with Crippen LogP contribution in [0.1, 0.15) is 159 Å². The van der Waals surface area contributed by atoms with Crippen molar-refractivity contribution in [2.45, 2.75) is 156 Å². The van der Waals surface area contributed by atoms with E-state index in [0.29, 0.717) is 18.7 Å². The molecule has 0 aliphatic carbocycles. The van der Waals surface area contributed by atoms with Crippen LogP contribution in [0.2, 0.25) is 0 Å². The maximum atomic E-state index is 13.5. The van der Waals surface area contributed by atoms with Gasteiger partial charge >= 0.3 is 0 Å². The molecule has 2 amide bonds. The van der Waals surface area contributed by atoms with Crippen LogP contribution in [0.25, 0.3) is 0 Å². The smallest absolute Gasteiger partial charge is 0.260 e. The Labute approximate surface area is 292 Å². The van der Waals surface area contributed by atoms with Gasteiger partial charge in [0.25, 0.3) is 5.91 Å². The number of rotatable bonds is 22. The molecule has 0 radical (unpaired) electrons. The summed E-state index contributed by atoms with van der Waals surface area (Å²) in [6.07, 6.45) is 22.3. The number of carbonyl (C=O) groups excluding carboxylic acids is 2. The Kier molecular flexibility index (Phi) is 21.3. The number of hydrogen-bond acceptors (Lipinski definition) is 3. The third-order valence-electron chi connectivity index (χ3n) is 8.61. The van der Waals surface area contributed by atoms with Gasteiger partial charge < -0.3 is 28.7 Å². The lowest BCUT2D eigenvalue weighted by Gasteiger charge is -2.25. The minimum atomic E-state index is -0.238. The molecule has 45 heavy (non-hydrogen) atoms. The van der Waals surface area contributed by atoms with Crippen LogP contribution in [-0.2, 0) is 23.2 Å². The number of amides is 2. The molecule has 0 bridgehead atoms. The van der Waals surface area contributed by atoms with Crippen LogP contribution in [0, 0.1) is 0 Å². The average molecular weight is 735 g/mol. The second-order valence-electron chi connectivity index (χ2n) is 13.5. The zero-order chi connectivity index (χ0) is 32.2. The number of pyridine rings is 1. The van der Waals surface area contributed by atoms with Crippen LogP contribution in [0.3, 0.4) is 0 Å². The van der Waals surface area contributed by atoms with Gasteiger partial charge in [-0.15, -0.1) is 0 Å². The van der Waals surface area contributed by atoms with E-state index in [1.165, 1.54) is 101 Å². The van der Waals surface area contributed by atoms with E-state index in [9.17, 15) is 9.59 Å². The topological polar surface area (TPSA) is 50.5 Å². The monoisotopic (exact) mass is 734 g/mol. The summed E-state index contributed by atoms with van der Waals surface area (Å²) in [4.78, 5) is 27.4. The summed E-state index contributed by atoms with van der Waals surface area (Å²) in [6.45, 7) is 14.3. The van der Waals surface area contributed by atoms with Gasteiger partial charge in [0.2, 0.25) is 5.91 Å². The molecule has 0 unspecified atom stereocenters. The van der Waals surface area contributed by atoms with Crippen molar-refractivity contribution < 1.29 is 42.9 Å². The Bertz CT molecular complexity index is 1110. The minimum absolute atomic E-state index is 0. The summed E-state index contributed by atoms with van der Waals surface area (Å²) >= 11 is 0. The highest BCUT2D eigenvalue weighted by atomic mass is 127. The van der Waals surface area contributed by atoms with Gasteiger partial charge in [-0.2, -0.15) is 0 Å². The van der Waals surface area contributed by atoms with E-state index in [1.807, 2.05) is 30.3 Å². The summed E-state index contributed by atoms with van der Waals surface area (Å²) in [7, 11) is 0. The van der Waals surface area contributed by atoms with Crippen LogP contribution in [-0.4, -0.2) is 29.9 Å². The Morgan fingerprint density at radius 3 is 1.89 bits per heavy atom. The molecule has 254 valence electrons. The highest BCUT2D eigenvalue weighted by Gasteiger charge is 2.25. The van der Waals surface area contributed by atoms with Crippen molar-refractivity contribution in [3.8, 4) is 5.75 Å². The fourth-order valence-corrected chi connectivity index (χ4v) is 5.88. The first-order valence-corrected chi connectivity index (χ1v) is 17.8. The molecule has 0 saturated carbocycles. The fourth-order valence-electron chi connectivity index (χ4n) is 5.88. The Morgan fingerprint density at radius 1 is 0.778 bits per heavy atom. The van der Waals surface area contributed by atoms with Crippen molar-refractivity contribution in [3.05, 3.63) is 59.4 Å². The summed E-state index contributed by atoms with van der Waals surface area (Å²) in [5.74, 6) is 0.381. The first kappa shape index (κ1) is 41.1. The van der Waals surface area contributed by atoms with Crippen LogP contribution in [0.5, 0.6) is 5.75 Å². The highest BCUT2D eigenvalue weighted by molar-refractivity contribution is 6.04. The zero-order valence-corrected chi connectivity index (χ0v) is 31.6. The molecule has 0 atom stereocenters. The molecule has 1 aromatic heterocycles. The first-order valence-electron chi connectivity index (χ1n) is 17.8. The van der Waals surface area contributed by atoms with E-state index in [1.54, 1.807) is 0 Å². The lowest BCUT2D eigenvalue weighted by molar-refractivity contribution is -0.700. The van der Waals surface area contributed by atoms with Gasteiger partial charge in [-0.05, 0) is 43.4 Å². The van der Waals surface area contributed by atoms with E-state index >= 15 is 0 Å². The molecule has 0 fully saturated rings. The standard InChI is InChI=1S/C39H63N2O3.HI/c1-7-9-10-11-12-13-14-15-16-17-18-19-20-23-31-44-37-28-27-34(32-36(37)39(4,5)6)38(43)41(33(3)42)30-24-26-35-25-21-22-29-40(35)8-2;/h21-22,25,27-29,32H,7-20,23-24,26,30-31H2,1-6H3;1H/q+1;/p-1. The predicted octanol–water partition coefficient (Wildman–Crippen LogP) is 6.78. The van der Waals surface area contributed by atoms with Gasteiger partial charge in [0, 0.05) is 43.1 Å². The number of aromatic nitrogens is 1. The molecule has 0 N–H and O–H groups in total. The molecule has 1 aromatic carbocycles. The van der Waals surface area contributed by atoms with Gasteiger partial charge in [0.15, 0.2) is 11.9 Å². The molecular weight excluding hydrogens is 671 g/mol. The Morgan fingerprint density at radius 2 is 1.36 bits per heavy atom. The number of imide groups is 1. The second-order valence-corrected chi connectivity index (χ2v) is 13.5. The lowest BCUT2D eigenvalue weighted by Crippen LogP contribution is -3.00. The maximum absolute atomic E-state index is 13.5. The highest BCUT2D eigenvalue weighted by Crippen LogP contribution is 2.33. The number of unbranched alkanes of at least 4 members (excludes halogenated alkanes) is 13. The van der Waals surface area contributed by atoms with E-state index in [0.717, 1.165) is 37.1 Å². The third kappa shape index (κ3) is 15.9. The summed E-state index contributed by atoms with van der Waals surface area (Å²) in [5.41, 5.74) is 2.56. The van der Waals surface area contributed by atoms with Crippen molar-refractivity contribution in [2.75, 3.05) is 13.2 Å². The molecule has 0 aliphatic rings. The lowest BCUT2D eigenvalue weighted by atomic mass is 9.85. The number of ether oxygens (including phenoxy) is 1. The molecule has 0 aliphatic heterocycles. The van der Waals surface area contributed by atoms with Gasteiger partial charge in [-0.1, -0.05) is 117 Å². The molecule has 2 rings (SSSR count). The predicted molar refractivity (Wildman–Crippen MR) is 183 cm³/mol. The number of nitrogens with zero attached hydrogens (tertiary/aromatic N) is 2. The van der Waals surface area contributed by atoms with Crippen molar-refractivity contribution in [1.29, 1.82) is 0 Å². The Balaban J connectivity index is 0.0000101. The van der Waals surface area contributed by atoms with Crippen LogP contribution >= 0.6 is 0 Å². The summed E-state index contributed by atoms with van der Waals surface area (Å²) in [6, 6.07) is 11.8. The van der Waals surface area contributed by atoms with E-state index < -0.39 is 0 Å². The van der Waals surface area contributed by atoms with Gasteiger partial charge in [-0.3, -0.25) is 14.5 Å². The van der Waals surface area contributed by atoms with E-state index in [4.69, 9.17) is 4.74 Å². The first-order chi connectivity index (χ1) is 21.2. The van der Waals surface area contributed by atoms with Gasteiger partial charge in [-0.25, -0.2) is 4.57 Å². The van der Waals surface area contributed by atoms with Crippen molar-refractivity contribution >= 4 is 11.8 Å². The molecule has 0 spiro atoms. The molecule has 1 heterocycles. The minimum Gasteiger partial charge on any atom is -1.00 e. The Hall–Kier alpha value is -1.96.